The van der Waals surface area contributed by atoms with Gasteiger partial charge in [0.15, 0.2) is 0 Å². The van der Waals surface area contributed by atoms with Gasteiger partial charge in [-0.2, -0.15) is 0 Å². The average Bonchev–Trinajstić information content (AvgIpc) is 2.63. The number of carboxylic acid groups (broad SMARTS) is 1. The van der Waals surface area contributed by atoms with Gasteiger partial charge in [-0.05, 0) is 37.7 Å². The minimum Gasteiger partial charge on any atom is -0.478 e. The fourth-order valence-corrected chi connectivity index (χ4v) is 2.11. The first kappa shape index (κ1) is 11.6. The molecule has 2 rings (SSSR count). The minimum atomic E-state index is -0.969. The van der Waals surface area contributed by atoms with Gasteiger partial charge in [-0.3, -0.25) is 5.10 Å². The number of H-pyrrole nitrogens is 1. The molecule has 0 saturated heterocycles. The van der Waals surface area contributed by atoms with Crippen LogP contribution in [-0.2, 0) is 0 Å². The second-order valence-corrected chi connectivity index (χ2v) is 4.43. The van der Waals surface area contributed by atoms with Crippen LogP contribution in [0.2, 0.25) is 0 Å². The summed E-state index contributed by atoms with van der Waals surface area (Å²) in [7, 11) is 0. The van der Waals surface area contributed by atoms with Crippen molar-refractivity contribution < 1.29 is 9.90 Å². The number of hydrogen-bond donors (Lipinski definition) is 2. The van der Waals surface area contributed by atoms with E-state index in [0.717, 1.165) is 0 Å². The monoisotopic (exact) mass is 250 g/mol. The molecule has 2 aromatic rings. The number of pyridine rings is 1. The quantitative estimate of drug-likeness (QED) is 0.860. The van der Waals surface area contributed by atoms with Crippen LogP contribution in [0.25, 0.3) is 0 Å². The highest BCUT2D eigenvalue weighted by molar-refractivity contribution is 7.99. The zero-order valence-corrected chi connectivity index (χ0v) is 10.1. The predicted molar refractivity (Wildman–Crippen MR) is 61.2 cm³/mol. The van der Waals surface area contributed by atoms with Crippen molar-refractivity contribution in [1.29, 1.82) is 0 Å². The van der Waals surface area contributed by atoms with Gasteiger partial charge < -0.3 is 5.11 Å². The van der Waals surface area contributed by atoms with Crippen molar-refractivity contribution in [1.82, 2.24) is 20.2 Å². The number of aromatic nitrogens is 4. The van der Waals surface area contributed by atoms with E-state index in [1.54, 1.807) is 13.8 Å². The predicted octanol–water partition coefficient (Wildman–Crippen LogP) is 1.67. The molecule has 0 aliphatic heterocycles. The molecular weight excluding hydrogens is 240 g/mol. The van der Waals surface area contributed by atoms with Crippen molar-refractivity contribution in [3.63, 3.8) is 0 Å². The van der Waals surface area contributed by atoms with Gasteiger partial charge in [0.2, 0.25) is 5.16 Å². The number of aromatic carboxylic acids is 1. The molecule has 17 heavy (non-hydrogen) atoms. The normalized spacial score (nSPS) is 10.5. The second kappa shape index (κ2) is 4.54. The Labute approximate surface area is 101 Å². The number of aromatic amines is 1. The molecule has 2 heterocycles. The highest BCUT2D eigenvalue weighted by Gasteiger charge is 2.09. The van der Waals surface area contributed by atoms with E-state index in [9.17, 15) is 4.79 Å². The molecule has 0 saturated carbocycles. The van der Waals surface area contributed by atoms with Gasteiger partial charge in [-0.15, -0.1) is 5.10 Å². The highest BCUT2D eigenvalue weighted by atomic mass is 32.2. The molecule has 0 radical (unpaired) electrons. The maximum absolute atomic E-state index is 10.9. The summed E-state index contributed by atoms with van der Waals surface area (Å²) in [5.74, 6) is -0.262. The van der Waals surface area contributed by atoms with Crippen LogP contribution < -0.4 is 0 Å². The first-order valence-corrected chi connectivity index (χ1v) is 5.65. The maximum atomic E-state index is 10.9. The van der Waals surface area contributed by atoms with Gasteiger partial charge in [0.1, 0.15) is 10.9 Å². The Balaban J connectivity index is 2.29. The summed E-state index contributed by atoms with van der Waals surface area (Å²) in [6, 6.07) is 3.03. The molecule has 0 atom stereocenters. The van der Waals surface area contributed by atoms with Crippen LogP contribution in [0.15, 0.2) is 22.3 Å². The lowest BCUT2D eigenvalue weighted by atomic mass is 10.2. The number of carboxylic acids is 1. The van der Waals surface area contributed by atoms with Crippen molar-refractivity contribution in [2.45, 2.75) is 24.0 Å². The van der Waals surface area contributed by atoms with Crippen molar-refractivity contribution in [2.24, 2.45) is 0 Å². The molecule has 2 aromatic heterocycles. The largest absolute Gasteiger partial charge is 0.478 e. The van der Waals surface area contributed by atoms with Gasteiger partial charge in [-0.25, -0.2) is 14.8 Å². The van der Waals surface area contributed by atoms with Gasteiger partial charge in [0, 0.05) is 5.69 Å². The molecule has 0 amide bonds. The molecule has 0 spiro atoms. The summed E-state index contributed by atoms with van der Waals surface area (Å²) in [5, 5.41) is 16.7. The van der Waals surface area contributed by atoms with Crippen molar-refractivity contribution in [3.8, 4) is 0 Å². The Hall–Kier alpha value is -1.89. The topological polar surface area (TPSA) is 91.8 Å². The number of rotatable bonds is 3. The average molecular weight is 250 g/mol. The van der Waals surface area contributed by atoms with Gasteiger partial charge in [0.25, 0.3) is 0 Å². The molecule has 0 unspecified atom stereocenters. The Bertz CT molecular complexity index is 567. The smallest absolute Gasteiger partial charge is 0.335 e. The third kappa shape index (κ3) is 2.82. The lowest BCUT2D eigenvalue weighted by molar-refractivity contribution is 0.0696. The summed E-state index contributed by atoms with van der Waals surface area (Å²) < 4.78 is 0. The second-order valence-electron chi connectivity index (χ2n) is 3.45. The van der Waals surface area contributed by atoms with Crippen molar-refractivity contribution in [2.75, 3.05) is 0 Å². The molecule has 0 aliphatic carbocycles. The van der Waals surface area contributed by atoms with Crippen LogP contribution in [0.4, 0.5) is 0 Å². The first-order valence-electron chi connectivity index (χ1n) is 4.83. The zero-order chi connectivity index (χ0) is 12.4. The lowest BCUT2D eigenvalue weighted by Gasteiger charge is -2.01. The third-order valence-electron chi connectivity index (χ3n) is 1.95. The number of carbonyl (C=O) groups is 1. The van der Waals surface area contributed by atoms with Gasteiger partial charge in [0.05, 0.1) is 5.56 Å². The van der Waals surface area contributed by atoms with Gasteiger partial charge in [-0.1, -0.05) is 0 Å². The Morgan fingerprint density at radius 2 is 2.12 bits per heavy atom. The van der Waals surface area contributed by atoms with Crippen LogP contribution in [0.5, 0.6) is 0 Å². The van der Waals surface area contributed by atoms with E-state index in [-0.39, 0.29) is 5.56 Å². The summed E-state index contributed by atoms with van der Waals surface area (Å²) in [6.45, 7) is 3.54. The van der Waals surface area contributed by atoms with Crippen molar-refractivity contribution in [3.05, 3.63) is 29.2 Å². The molecule has 0 aromatic carbocycles. The summed E-state index contributed by atoms with van der Waals surface area (Å²) in [5.41, 5.74) is 0.868. The molecule has 0 fully saturated rings. The standard InChI is InChI=1S/C10H10N4O2S/c1-5-3-7(9(15)16)4-8(11-5)17-10-12-6(2)13-14-10/h3-4H,1-2H3,(H,15,16)(H,12,13,14). The van der Waals surface area contributed by atoms with Crippen LogP contribution in [-0.4, -0.2) is 31.2 Å². The van der Waals surface area contributed by atoms with E-state index < -0.39 is 5.97 Å². The molecule has 0 bridgehead atoms. The summed E-state index contributed by atoms with van der Waals surface area (Å²) >= 11 is 1.23. The molecule has 6 nitrogen and oxygen atoms in total. The summed E-state index contributed by atoms with van der Waals surface area (Å²) in [4.78, 5) is 19.2. The van der Waals surface area contributed by atoms with E-state index in [2.05, 4.69) is 20.2 Å². The van der Waals surface area contributed by atoms with E-state index >= 15 is 0 Å². The van der Waals surface area contributed by atoms with Crippen molar-refractivity contribution >= 4 is 17.7 Å². The number of nitrogens with one attached hydrogen (secondary N) is 1. The van der Waals surface area contributed by atoms with Crippen LogP contribution in [0, 0.1) is 13.8 Å². The Morgan fingerprint density at radius 3 is 2.71 bits per heavy atom. The van der Waals surface area contributed by atoms with E-state index in [1.807, 2.05) is 0 Å². The number of nitrogens with zero attached hydrogens (tertiary/aromatic N) is 3. The van der Waals surface area contributed by atoms with Crippen LogP contribution >= 0.6 is 11.8 Å². The number of aryl methyl sites for hydroxylation is 2. The van der Waals surface area contributed by atoms with E-state index in [0.29, 0.717) is 21.7 Å². The van der Waals surface area contributed by atoms with Crippen LogP contribution in [0.1, 0.15) is 21.9 Å². The molecule has 88 valence electrons. The Morgan fingerprint density at radius 1 is 1.35 bits per heavy atom. The number of hydrogen-bond acceptors (Lipinski definition) is 5. The lowest BCUT2D eigenvalue weighted by Crippen LogP contribution is -1.99. The van der Waals surface area contributed by atoms with E-state index in [4.69, 9.17) is 5.11 Å². The minimum absolute atomic E-state index is 0.215. The highest BCUT2D eigenvalue weighted by Crippen LogP contribution is 2.23. The Kier molecular flexibility index (Phi) is 3.10. The molecule has 7 heteroatoms. The van der Waals surface area contributed by atoms with E-state index in [1.165, 1.54) is 23.9 Å². The maximum Gasteiger partial charge on any atom is 0.335 e. The van der Waals surface area contributed by atoms with Gasteiger partial charge >= 0.3 is 5.97 Å². The molecule has 2 N–H and O–H groups in total. The fourth-order valence-electron chi connectivity index (χ4n) is 1.28. The molecular formula is C10H10N4O2S. The first-order chi connectivity index (χ1) is 8.04. The fraction of sp³-hybridized carbons (Fsp3) is 0.200. The van der Waals surface area contributed by atoms with Crippen LogP contribution in [0.3, 0.4) is 0 Å². The third-order valence-corrected chi connectivity index (χ3v) is 2.73. The summed E-state index contributed by atoms with van der Waals surface area (Å²) in [6.07, 6.45) is 0. The zero-order valence-electron chi connectivity index (χ0n) is 9.26. The molecule has 0 aliphatic rings. The SMILES string of the molecule is Cc1cc(C(=O)O)cc(Sc2n[nH]c(C)n2)n1.